The van der Waals surface area contributed by atoms with Gasteiger partial charge < -0.3 is 5.73 Å². The molecule has 0 aliphatic carbocycles. The highest BCUT2D eigenvalue weighted by molar-refractivity contribution is 9.10. The lowest BCUT2D eigenvalue weighted by Crippen LogP contribution is -2.40. The van der Waals surface area contributed by atoms with Crippen molar-refractivity contribution in [2.24, 2.45) is 11.1 Å². The quantitative estimate of drug-likeness (QED) is 0.813. The van der Waals surface area contributed by atoms with Gasteiger partial charge in [-0.25, -0.2) is 0 Å². The second kappa shape index (κ2) is 7.41. The Bertz CT molecular complexity index is 373. The van der Waals surface area contributed by atoms with Crippen LogP contribution in [0.3, 0.4) is 0 Å². The van der Waals surface area contributed by atoms with Crippen molar-refractivity contribution in [3.05, 3.63) is 34.3 Å². The van der Waals surface area contributed by atoms with E-state index >= 15 is 0 Å². The average Bonchev–Trinajstić information content (AvgIpc) is 2.38. The highest BCUT2D eigenvalue weighted by Gasteiger charge is 2.23. The van der Waals surface area contributed by atoms with Crippen molar-refractivity contribution in [3.8, 4) is 0 Å². The first kappa shape index (κ1) is 16.7. The summed E-state index contributed by atoms with van der Waals surface area (Å²) in [6.45, 7) is 11.9. The number of halogens is 1. The third kappa shape index (κ3) is 5.25. The van der Waals surface area contributed by atoms with Crippen LogP contribution in [-0.2, 0) is 0 Å². The van der Waals surface area contributed by atoms with Gasteiger partial charge in [-0.1, -0.05) is 48.8 Å². The van der Waals surface area contributed by atoms with Crippen molar-refractivity contribution in [3.63, 3.8) is 0 Å². The van der Waals surface area contributed by atoms with Crippen LogP contribution in [0.1, 0.15) is 45.7 Å². The molecule has 0 fully saturated rings. The van der Waals surface area contributed by atoms with Gasteiger partial charge in [0.25, 0.3) is 0 Å². The summed E-state index contributed by atoms with van der Waals surface area (Å²) in [7, 11) is 0. The molecule has 2 N–H and O–H groups in total. The van der Waals surface area contributed by atoms with E-state index in [0.29, 0.717) is 6.04 Å². The summed E-state index contributed by atoms with van der Waals surface area (Å²) in [5.74, 6) is 0. The van der Waals surface area contributed by atoms with E-state index in [1.165, 1.54) is 12.0 Å². The van der Waals surface area contributed by atoms with Crippen LogP contribution < -0.4 is 5.73 Å². The maximum atomic E-state index is 5.88. The zero-order valence-electron chi connectivity index (χ0n) is 12.6. The largest absolute Gasteiger partial charge is 0.330 e. The van der Waals surface area contributed by atoms with Crippen LogP contribution in [0.15, 0.2) is 28.7 Å². The molecule has 0 heterocycles. The van der Waals surface area contributed by atoms with Crippen LogP contribution in [0.4, 0.5) is 0 Å². The molecule has 1 atom stereocenters. The van der Waals surface area contributed by atoms with Crippen LogP contribution in [0.25, 0.3) is 0 Å². The van der Waals surface area contributed by atoms with Gasteiger partial charge in [-0.15, -0.1) is 0 Å². The molecular formula is C16H27BrN2. The second-order valence-electron chi connectivity index (χ2n) is 6.07. The summed E-state index contributed by atoms with van der Waals surface area (Å²) in [6.07, 6.45) is 1.17. The highest BCUT2D eigenvalue weighted by atomic mass is 79.9. The van der Waals surface area contributed by atoms with Crippen molar-refractivity contribution in [2.45, 2.75) is 40.2 Å². The number of nitrogens with two attached hydrogens (primary N) is 1. The van der Waals surface area contributed by atoms with E-state index in [9.17, 15) is 0 Å². The van der Waals surface area contributed by atoms with E-state index in [0.717, 1.165) is 24.1 Å². The Morgan fingerprint density at radius 2 is 1.84 bits per heavy atom. The lowest BCUT2D eigenvalue weighted by molar-refractivity contribution is 0.140. The Hall–Kier alpha value is -0.380. The maximum Gasteiger partial charge on any atom is 0.0320 e. The Morgan fingerprint density at radius 1 is 1.26 bits per heavy atom. The molecule has 1 aromatic carbocycles. The van der Waals surface area contributed by atoms with Crippen LogP contribution in [0.5, 0.6) is 0 Å². The van der Waals surface area contributed by atoms with Gasteiger partial charge in [0.05, 0.1) is 0 Å². The van der Waals surface area contributed by atoms with Crippen LogP contribution in [-0.4, -0.2) is 24.5 Å². The first-order chi connectivity index (χ1) is 8.89. The summed E-state index contributed by atoms with van der Waals surface area (Å²) in [5, 5.41) is 0. The number of benzene rings is 1. The molecule has 0 saturated carbocycles. The van der Waals surface area contributed by atoms with Crippen molar-refractivity contribution >= 4 is 15.9 Å². The molecule has 1 aromatic rings. The van der Waals surface area contributed by atoms with Gasteiger partial charge in [0.2, 0.25) is 0 Å². The van der Waals surface area contributed by atoms with E-state index in [-0.39, 0.29) is 5.41 Å². The molecule has 19 heavy (non-hydrogen) atoms. The molecule has 0 saturated heterocycles. The van der Waals surface area contributed by atoms with Crippen molar-refractivity contribution < 1.29 is 0 Å². The standard InChI is InChI=1S/C16H27BrN2/c1-5-10-19(12-16(3,4)11-18)13(2)14-6-8-15(17)9-7-14/h6-9,13H,5,10-12,18H2,1-4H3. The Labute approximate surface area is 126 Å². The van der Waals surface area contributed by atoms with Crippen molar-refractivity contribution in [1.29, 1.82) is 0 Å². The van der Waals surface area contributed by atoms with E-state index in [2.05, 4.69) is 72.8 Å². The van der Waals surface area contributed by atoms with Crippen molar-refractivity contribution in [1.82, 2.24) is 4.90 Å². The molecule has 0 aliphatic heterocycles. The van der Waals surface area contributed by atoms with E-state index in [4.69, 9.17) is 5.73 Å². The lowest BCUT2D eigenvalue weighted by Gasteiger charge is -2.36. The van der Waals surface area contributed by atoms with Crippen molar-refractivity contribution in [2.75, 3.05) is 19.6 Å². The highest BCUT2D eigenvalue weighted by Crippen LogP contribution is 2.26. The molecule has 0 spiro atoms. The summed E-state index contributed by atoms with van der Waals surface area (Å²) in [5.41, 5.74) is 7.41. The Kier molecular flexibility index (Phi) is 6.51. The molecule has 0 aromatic heterocycles. The molecule has 1 unspecified atom stereocenters. The molecule has 0 amide bonds. The third-order valence-electron chi connectivity index (χ3n) is 3.59. The van der Waals surface area contributed by atoms with Gasteiger partial charge >= 0.3 is 0 Å². The average molecular weight is 327 g/mol. The number of hydrogen-bond acceptors (Lipinski definition) is 2. The SMILES string of the molecule is CCCN(CC(C)(C)CN)C(C)c1ccc(Br)cc1. The smallest absolute Gasteiger partial charge is 0.0320 e. The molecule has 1 rings (SSSR count). The molecule has 3 heteroatoms. The first-order valence-electron chi connectivity index (χ1n) is 7.09. The predicted octanol–water partition coefficient (Wildman–Crippen LogP) is 4.21. The molecule has 2 nitrogen and oxygen atoms in total. The topological polar surface area (TPSA) is 29.3 Å². The van der Waals surface area contributed by atoms with Crippen LogP contribution in [0, 0.1) is 5.41 Å². The second-order valence-corrected chi connectivity index (χ2v) is 6.98. The van der Waals surface area contributed by atoms with E-state index < -0.39 is 0 Å². The van der Waals surface area contributed by atoms with Gasteiger partial charge in [0, 0.05) is 17.1 Å². The molecule has 0 radical (unpaired) electrons. The summed E-state index contributed by atoms with van der Waals surface area (Å²) in [4.78, 5) is 2.54. The minimum Gasteiger partial charge on any atom is -0.330 e. The normalized spacial score (nSPS) is 13.8. The zero-order valence-corrected chi connectivity index (χ0v) is 14.2. The predicted molar refractivity (Wildman–Crippen MR) is 87.3 cm³/mol. The third-order valence-corrected chi connectivity index (χ3v) is 4.12. The monoisotopic (exact) mass is 326 g/mol. The summed E-state index contributed by atoms with van der Waals surface area (Å²) >= 11 is 3.49. The van der Waals surface area contributed by atoms with Crippen LogP contribution >= 0.6 is 15.9 Å². The fourth-order valence-corrected chi connectivity index (χ4v) is 2.53. The number of hydrogen-bond donors (Lipinski definition) is 1. The maximum absolute atomic E-state index is 5.88. The van der Waals surface area contributed by atoms with Gasteiger partial charge in [0.15, 0.2) is 0 Å². The Morgan fingerprint density at radius 3 is 2.32 bits per heavy atom. The molecule has 108 valence electrons. The number of nitrogens with zero attached hydrogens (tertiary/aromatic N) is 1. The Balaban J connectivity index is 2.83. The molecule has 0 aliphatic rings. The fraction of sp³-hybridized carbons (Fsp3) is 0.625. The van der Waals surface area contributed by atoms with Crippen LogP contribution in [0.2, 0.25) is 0 Å². The van der Waals surface area contributed by atoms with Gasteiger partial charge in [-0.05, 0) is 49.5 Å². The first-order valence-corrected chi connectivity index (χ1v) is 7.88. The van der Waals surface area contributed by atoms with Gasteiger partial charge in [-0.2, -0.15) is 0 Å². The van der Waals surface area contributed by atoms with Gasteiger partial charge in [-0.3, -0.25) is 4.90 Å². The zero-order chi connectivity index (χ0) is 14.5. The minimum absolute atomic E-state index is 0.165. The summed E-state index contributed by atoms with van der Waals surface area (Å²) < 4.78 is 1.13. The van der Waals surface area contributed by atoms with Gasteiger partial charge in [0.1, 0.15) is 0 Å². The molecule has 0 bridgehead atoms. The lowest BCUT2D eigenvalue weighted by atomic mass is 9.91. The summed E-state index contributed by atoms with van der Waals surface area (Å²) in [6, 6.07) is 9.06. The van der Waals surface area contributed by atoms with E-state index in [1.54, 1.807) is 0 Å². The fourth-order valence-electron chi connectivity index (χ4n) is 2.26. The number of rotatable bonds is 7. The molecular weight excluding hydrogens is 300 g/mol. The minimum atomic E-state index is 0.165. The van der Waals surface area contributed by atoms with E-state index in [1.807, 2.05) is 0 Å².